The highest BCUT2D eigenvalue weighted by Gasteiger charge is 2.04. The molecule has 2 aromatic heterocycles. The molecule has 0 saturated heterocycles. The molecule has 4 nitrogen and oxygen atoms in total. The number of nitrogens with zero attached hydrogens (tertiary/aromatic N) is 2. The fourth-order valence-corrected chi connectivity index (χ4v) is 2.06. The Hall–Kier alpha value is -1.62. The number of rotatable bonds is 1. The molecule has 2 N–H and O–H groups in total. The molecule has 0 unspecified atom stereocenters. The zero-order valence-corrected chi connectivity index (χ0v) is 10.2. The largest absolute Gasteiger partial charge is 0.342 e. The van der Waals surface area contributed by atoms with Crippen molar-refractivity contribution in [3.63, 3.8) is 0 Å². The highest BCUT2D eigenvalue weighted by atomic mass is 79.9. The van der Waals surface area contributed by atoms with Crippen molar-refractivity contribution in [1.29, 1.82) is 0 Å². The Labute approximate surface area is 100 Å². The van der Waals surface area contributed by atoms with Gasteiger partial charge in [0.15, 0.2) is 4.73 Å². The first-order valence-electron chi connectivity index (χ1n) is 4.89. The van der Waals surface area contributed by atoms with E-state index >= 15 is 0 Å². The third kappa shape index (κ3) is 1.53. The Balaban J connectivity index is 2.17. The molecule has 80 valence electrons. The summed E-state index contributed by atoms with van der Waals surface area (Å²) in [4.78, 5) is 14.8. The summed E-state index contributed by atoms with van der Waals surface area (Å²) in [5.74, 6) is 0.929. The molecule has 0 spiro atoms. The number of imidazole rings is 2. The zero-order chi connectivity index (χ0) is 11.1. The highest BCUT2D eigenvalue weighted by molar-refractivity contribution is 9.10. The summed E-state index contributed by atoms with van der Waals surface area (Å²) in [5.41, 5.74) is 4.11. The van der Waals surface area contributed by atoms with E-state index in [2.05, 4.69) is 41.9 Å². The van der Waals surface area contributed by atoms with Crippen LogP contribution in [0.4, 0.5) is 0 Å². The molecule has 5 heteroatoms. The van der Waals surface area contributed by atoms with E-state index in [1.54, 1.807) is 6.20 Å². The van der Waals surface area contributed by atoms with Gasteiger partial charge in [0.2, 0.25) is 0 Å². The minimum atomic E-state index is 0.739. The SMILES string of the molecule is Cc1nc2ccc(-c3cnc(Br)[nH]3)cc2[nH]1. The second kappa shape index (κ2) is 3.45. The second-order valence-corrected chi connectivity index (χ2v) is 4.39. The average Bonchev–Trinajstić information content (AvgIpc) is 2.81. The van der Waals surface area contributed by atoms with Crippen molar-refractivity contribution >= 4 is 27.0 Å². The number of benzene rings is 1. The number of hydrogen-bond acceptors (Lipinski definition) is 2. The Morgan fingerprint density at radius 2 is 2.12 bits per heavy atom. The lowest BCUT2D eigenvalue weighted by atomic mass is 10.1. The van der Waals surface area contributed by atoms with Crippen LogP contribution in [0, 0.1) is 6.92 Å². The molecule has 1 aromatic carbocycles. The van der Waals surface area contributed by atoms with Crippen LogP contribution in [0.1, 0.15) is 5.82 Å². The molecule has 0 amide bonds. The molecular weight excluding hydrogens is 268 g/mol. The van der Waals surface area contributed by atoms with Gasteiger partial charge in [-0.3, -0.25) is 0 Å². The van der Waals surface area contributed by atoms with Crippen LogP contribution in [0.5, 0.6) is 0 Å². The van der Waals surface area contributed by atoms with E-state index in [-0.39, 0.29) is 0 Å². The van der Waals surface area contributed by atoms with Gasteiger partial charge in [-0.15, -0.1) is 0 Å². The van der Waals surface area contributed by atoms with Crippen LogP contribution in [0.2, 0.25) is 0 Å². The zero-order valence-electron chi connectivity index (χ0n) is 8.58. The number of aromatic nitrogens is 4. The van der Waals surface area contributed by atoms with Crippen LogP contribution < -0.4 is 0 Å². The highest BCUT2D eigenvalue weighted by Crippen LogP contribution is 2.22. The predicted octanol–water partition coefficient (Wildman–Crippen LogP) is 3.02. The molecule has 0 bridgehead atoms. The van der Waals surface area contributed by atoms with Gasteiger partial charge in [0.1, 0.15) is 5.82 Å². The van der Waals surface area contributed by atoms with E-state index in [9.17, 15) is 0 Å². The van der Waals surface area contributed by atoms with Gasteiger partial charge in [0, 0.05) is 5.56 Å². The molecule has 0 aliphatic rings. The van der Waals surface area contributed by atoms with E-state index < -0.39 is 0 Å². The van der Waals surface area contributed by atoms with Crippen molar-refractivity contribution in [3.05, 3.63) is 35.0 Å². The third-order valence-corrected chi connectivity index (χ3v) is 2.86. The third-order valence-electron chi connectivity index (χ3n) is 2.46. The Kier molecular flexibility index (Phi) is 2.07. The average molecular weight is 277 g/mol. The van der Waals surface area contributed by atoms with E-state index in [1.165, 1.54) is 0 Å². The van der Waals surface area contributed by atoms with Gasteiger partial charge >= 0.3 is 0 Å². The van der Waals surface area contributed by atoms with Crippen LogP contribution in [0.25, 0.3) is 22.3 Å². The van der Waals surface area contributed by atoms with Crippen molar-refractivity contribution in [3.8, 4) is 11.3 Å². The van der Waals surface area contributed by atoms with Gasteiger partial charge in [0.05, 0.1) is 22.9 Å². The first-order chi connectivity index (χ1) is 7.72. The van der Waals surface area contributed by atoms with E-state index in [0.717, 1.165) is 32.8 Å². The van der Waals surface area contributed by atoms with E-state index in [1.807, 2.05) is 19.1 Å². The number of nitrogens with one attached hydrogen (secondary N) is 2. The first-order valence-corrected chi connectivity index (χ1v) is 5.69. The first kappa shape index (κ1) is 9.59. The van der Waals surface area contributed by atoms with Gasteiger partial charge in [-0.05, 0) is 35.0 Å². The van der Waals surface area contributed by atoms with Crippen LogP contribution >= 0.6 is 15.9 Å². The van der Waals surface area contributed by atoms with Crippen molar-refractivity contribution in [2.75, 3.05) is 0 Å². The standard InChI is InChI=1S/C11H9BrN4/c1-6-14-8-3-2-7(4-9(8)15-6)10-5-13-11(12)16-10/h2-5H,1H3,(H,13,16)(H,14,15). The molecule has 3 aromatic rings. The van der Waals surface area contributed by atoms with Crippen molar-refractivity contribution in [2.24, 2.45) is 0 Å². The molecule has 16 heavy (non-hydrogen) atoms. The lowest BCUT2D eigenvalue weighted by Gasteiger charge is -1.96. The van der Waals surface area contributed by atoms with Crippen LogP contribution in [0.3, 0.4) is 0 Å². The summed E-state index contributed by atoms with van der Waals surface area (Å²) in [6, 6.07) is 6.10. The maximum atomic E-state index is 4.36. The fourth-order valence-electron chi connectivity index (χ4n) is 1.75. The van der Waals surface area contributed by atoms with Gasteiger partial charge < -0.3 is 9.97 Å². The molecule has 0 aliphatic carbocycles. The Morgan fingerprint density at radius 3 is 2.88 bits per heavy atom. The van der Waals surface area contributed by atoms with Gasteiger partial charge in [-0.25, -0.2) is 9.97 Å². The number of hydrogen-bond donors (Lipinski definition) is 2. The fraction of sp³-hybridized carbons (Fsp3) is 0.0909. The number of aryl methyl sites for hydroxylation is 1. The van der Waals surface area contributed by atoms with Crippen molar-refractivity contribution < 1.29 is 0 Å². The Morgan fingerprint density at radius 1 is 1.25 bits per heavy atom. The van der Waals surface area contributed by atoms with Crippen LogP contribution in [-0.2, 0) is 0 Å². The summed E-state index contributed by atoms with van der Waals surface area (Å²) >= 11 is 3.30. The molecule has 2 heterocycles. The van der Waals surface area contributed by atoms with Crippen molar-refractivity contribution in [2.45, 2.75) is 6.92 Å². The van der Waals surface area contributed by atoms with Gasteiger partial charge in [-0.1, -0.05) is 6.07 Å². The summed E-state index contributed by atoms with van der Waals surface area (Å²) in [6.45, 7) is 1.95. The van der Waals surface area contributed by atoms with Crippen LogP contribution in [-0.4, -0.2) is 19.9 Å². The molecule has 0 saturated carbocycles. The maximum absolute atomic E-state index is 4.36. The second-order valence-electron chi connectivity index (χ2n) is 3.64. The van der Waals surface area contributed by atoms with Gasteiger partial charge in [0.25, 0.3) is 0 Å². The molecule has 3 rings (SSSR count). The normalized spacial score (nSPS) is 11.1. The topological polar surface area (TPSA) is 57.4 Å². The lowest BCUT2D eigenvalue weighted by molar-refractivity contribution is 1.17. The summed E-state index contributed by atoms with van der Waals surface area (Å²) in [6.07, 6.45) is 1.80. The number of aromatic amines is 2. The minimum Gasteiger partial charge on any atom is -0.342 e. The predicted molar refractivity (Wildman–Crippen MR) is 66.1 cm³/mol. The smallest absolute Gasteiger partial charge is 0.174 e. The molecule has 0 fully saturated rings. The molecular formula is C11H9BrN4. The monoisotopic (exact) mass is 276 g/mol. The van der Waals surface area contributed by atoms with E-state index in [0.29, 0.717) is 0 Å². The number of halogens is 1. The molecule has 0 aliphatic heterocycles. The summed E-state index contributed by atoms with van der Waals surface area (Å²) in [7, 11) is 0. The van der Waals surface area contributed by atoms with Crippen molar-refractivity contribution in [1.82, 2.24) is 19.9 Å². The maximum Gasteiger partial charge on any atom is 0.174 e. The summed E-state index contributed by atoms with van der Waals surface area (Å²) in [5, 5.41) is 0. The quantitative estimate of drug-likeness (QED) is 0.718. The Bertz CT molecular complexity index is 653. The number of H-pyrrole nitrogens is 2. The lowest BCUT2D eigenvalue weighted by Crippen LogP contribution is -1.77. The summed E-state index contributed by atoms with van der Waals surface area (Å²) < 4.78 is 0.739. The molecule has 0 radical (unpaired) electrons. The minimum absolute atomic E-state index is 0.739. The number of fused-ring (bicyclic) bond motifs is 1. The molecule has 0 atom stereocenters. The van der Waals surface area contributed by atoms with E-state index in [4.69, 9.17) is 0 Å². The van der Waals surface area contributed by atoms with Crippen LogP contribution in [0.15, 0.2) is 29.1 Å². The van der Waals surface area contributed by atoms with Gasteiger partial charge in [-0.2, -0.15) is 0 Å².